The molecule has 116 valence electrons. The predicted molar refractivity (Wildman–Crippen MR) is 99.6 cm³/mol. The highest BCUT2D eigenvalue weighted by molar-refractivity contribution is 9.10. The molecule has 3 aromatic carbocycles. The van der Waals surface area contributed by atoms with Crippen LogP contribution in [0.1, 0.15) is 16.7 Å². The monoisotopic (exact) mass is 377 g/mol. The van der Waals surface area contributed by atoms with Crippen LogP contribution < -0.4 is 0 Å². The van der Waals surface area contributed by atoms with E-state index in [1.165, 1.54) is 0 Å². The molecule has 4 heteroatoms. The van der Waals surface area contributed by atoms with Crippen molar-refractivity contribution in [3.8, 4) is 11.1 Å². The lowest BCUT2D eigenvalue weighted by Gasteiger charge is -2.05. The van der Waals surface area contributed by atoms with Crippen LogP contribution in [-0.2, 0) is 0 Å². The molecule has 0 radical (unpaired) electrons. The van der Waals surface area contributed by atoms with Gasteiger partial charge < -0.3 is 0 Å². The van der Waals surface area contributed by atoms with E-state index in [2.05, 4.69) is 34.1 Å². The average Bonchev–Trinajstić information content (AvgIpc) is 2.90. The minimum absolute atomic E-state index is 0.111. The van der Waals surface area contributed by atoms with Gasteiger partial charge in [-0.05, 0) is 51.6 Å². The number of hydrogen-bond donors (Lipinski definition) is 0. The van der Waals surface area contributed by atoms with E-state index in [0.29, 0.717) is 0 Å². The van der Waals surface area contributed by atoms with Gasteiger partial charge in [-0.25, -0.2) is 0 Å². The number of nitro groups is 1. The first-order chi connectivity index (χ1) is 11.6. The van der Waals surface area contributed by atoms with Crippen molar-refractivity contribution in [2.75, 3.05) is 0 Å². The smallest absolute Gasteiger partial charge is 0.258 e. The molecule has 0 unspecified atom stereocenters. The highest BCUT2D eigenvalue weighted by Crippen LogP contribution is 2.46. The lowest BCUT2D eigenvalue weighted by atomic mass is 10.0. The van der Waals surface area contributed by atoms with Gasteiger partial charge in [-0.2, -0.15) is 0 Å². The maximum atomic E-state index is 11.2. The fourth-order valence-corrected chi connectivity index (χ4v) is 3.50. The van der Waals surface area contributed by atoms with Crippen molar-refractivity contribution in [3.63, 3.8) is 0 Å². The van der Waals surface area contributed by atoms with Crippen LogP contribution in [0.4, 0.5) is 5.69 Å². The van der Waals surface area contributed by atoms with Crippen molar-refractivity contribution in [1.82, 2.24) is 0 Å². The van der Waals surface area contributed by atoms with Crippen LogP contribution in [0.3, 0.4) is 0 Å². The first kappa shape index (κ1) is 14.8. The summed E-state index contributed by atoms with van der Waals surface area (Å²) < 4.78 is 0.994. The first-order valence-corrected chi connectivity index (χ1v) is 8.29. The Balaban J connectivity index is 1.99. The zero-order chi connectivity index (χ0) is 16.7. The normalized spacial score (nSPS) is 13.6. The van der Waals surface area contributed by atoms with E-state index in [-0.39, 0.29) is 10.6 Å². The van der Waals surface area contributed by atoms with Gasteiger partial charge in [0.05, 0.1) is 4.92 Å². The van der Waals surface area contributed by atoms with Gasteiger partial charge >= 0.3 is 0 Å². The number of nitro benzene ring substituents is 1. The maximum Gasteiger partial charge on any atom is 0.270 e. The van der Waals surface area contributed by atoms with E-state index in [1.807, 2.05) is 42.5 Å². The van der Waals surface area contributed by atoms with Gasteiger partial charge in [0.25, 0.3) is 5.69 Å². The van der Waals surface area contributed by atoms with Gasteiger partial charge in [0, 0.05) is 16.6 Å². The van der Waals surface area contributed by atoms with Gasteiger partial charge in [-0.3, -0.25) is 10.1 Å². The number of fused-ring (bicyclic) bond motifs is 3. The van der Waals surface area contributed by atoms with Gasteiger partial charge in [0.15, 0.2) is 0 Å². The number of rotatable bonds is 2. The van der Waals surface area contributed by atoms with Gasteiger partial charge in [0.2, 0.25) is 0 Å². The molecule has 0 saturated carbocycles. The molecule has 3 nitrogen and oxygen atoms in total. The molecule has 0 heterocycles. The second-order valence-corrected chi connectivity index (χ2v) is 6.47. The molecule has 1 aliphatic rings. The van der Waals surface area contributed by atoms with Crippen molar-refractivity contribution in [2.45, 2.75) is 0 Å². The molecule has 1 aliphatic carbocycles. The highest BCUT2D eigenvalue weighted by Gasteiger charge is 2.25. The Labute approximate surface area is 147 Å². The second kappa shape index (κ2) is 5.73. The molecule has 0 fully saturated rings. The third-order valence-electron chi connectivity index (χ3n) is 4.22. The summed E-state index contributed by atoms with van der Waals surface area (Å²) in [5.41, 5.74) is 6.32. The van der Waals surface area contributed by atoms with Crippen LogP contribution in [0.5, 0.6) is 0 Å². The molecule has 0 atom stereocenters. The Kier molecular flexibility index (Phi) is 3.54. The summed E-state index contributed by atoms with van der Waals surface area (Å²) in [5, 5.41) is 11.2. The summed E-state index contributed by atoms with van der Waals surface area (Å²) in [6, 6.07) is 21.1. The first-order valence-electron chi connectivity index (χ1n) is 7.50. The van der Waals surface area contributed by atoms with Crippen LogP contribution in [0.25, 0.3) is 22.8 Å². The molecule has 0 bridgehead atoms. The summed E-state index contributed by atoms with van der Waals surface area (Å²) in [4.78, 5) is 10.8. The summed E-state index contributed by atoms with van der Waals surface area (Å²) in [6.07, 6.45) is 2.08. The second-order valence-electron chi connectivity index (χ2n) is 5.61. The summed E-state index contributed by atoms with van der Waals surface area (Å²) in [5.74, 6) is 0. The Morgan fingerprint density at radius 1 is 0.833 bits per heavy atom. The van der Waals surface area contributed by atoms with E-state index < -0.39 is 0 Å². The molecule has 0 N–H and O–H groups in total. The Morgan fingerprint density at radius 2 is 1.50 bits per heavy atom. The Bertz CT molecular complexity index is 1010. The largest absolute Gasteiger partial charge is 0.270 e. The molecule has 0 saturated heterocycles. The number of benzene rings is 3. The van der Waals surface area contributed by atoms with Crippen molar-refractivity contribution >= 4 is 33.3 Å². The number of hydrogen-bond acceptors (Lipinski definition) is 2. The molecular formula is C20H12BrNO2. The third kappa shape index (κ3) is 2.36. The average molecular weight is 378 g/mol. The highest BCUT2D eigenvalue weighted by atomic mass is 79.9. The van der Waals surface area contributed by atoms with Crippen LogP contribution in [-0.4, -0.2) is 4.92 Å². The zero-order valence-corrected chi connectivity index (χ0v) is 14.2. The molecule has 0 aliphatic heterocycles. The van der Waals surface area contributed by atoms with E-state index >= 15 is 0 Å². The summed E-state index contributed by atoms with van der Waals surface area (Å²) in [7, 11) is 0. The number of nitrogens with zero attached hydrogens (tertiary/aromatic N) is 1. The standard InChI is InChI=1S/C20H12BrNO2/c21-20-8-4-1-5-13(20)11-18-16-7-3-2-6-15(16)17-10-9-14(22(23)24)12-19(17)18/h1-12H/b18-11+. The number of non-ortho nitro benzene ring substituents is 1. The fourth-order valence-electron chi connectivity index (χ4n) is 3.10. The van der Waals surface area contributed by atoms with Crippen LogP contribution in [0.2, 0.25) is 0 Å². The van der Waals surface area contributed by atoms with Gasteiger partial charge in [0.1, 0.15) is 0 Å². The SMILES string of the molecule is O=[N+]([O-])c1ccc2c(c1)/C(=C/c1ccccc1Br)c1ccccc1-2. The van der Waals surface area contributed by atoms with Crippen molar-refractivity contribution < 1.29 is 4.92 Å². The molecule has 0 aromatic heterocycles. The van der Waals surface area contributed by atoms with Crippen LogP contribution in [0, 0.1) is 10.1 Å². The molecule has 3 aromatic rings. The van der Waals surface area contributed by atoms with E-state index in [9.17, 15) is 10.1 Å². The van der Waals surface area contributed by atoms with Crippen molar-refractivity contribution in [1.29, 1.82) is 0 Å². The predicted octanol–water partition coefficient (Wildman–Crippen LogP) is 5.93. The van der Waals surface area contributed by atoms with Crippen molar-refractivity contribution in [2.24, 2.45) is 0 Å². The van der Waals surface area contributed by atoms with E-state index in [4.69, 9.17) is 0 Å². The molecule has 0 amide bonds. The quantitative estimate of drug-likeness (QED) is 0.321. The lowest BCUT2D eigenvalue weighted by Crippen LogP contribution is -1.90. The van der Waals surface area contributed by atoms with Crippen LogP contribution in [0.15, 0.2) is 71.2 Å². The van der Waals surface area contributed by atoms with Gasteiger partial charge in [-0.15, -0.1) is 0 Å². The number of halogens is 1. The van der Waals surface area contributed by atoms with Crippen LogP contribution >= 0.6 is 15.9 Å². The minimum Gasteiger partial charge on any atom is -0.258 e. The summed E-state index contributed by atoms with van der Waals surface area (Å²) >= 11 is 3.57. The summed E-state index contributed by atoms with van der Waals surface area (Å²) in [6.45, 7) is 0. The van der Waals surface area contributed by atoms with E-state index in [1.54, 1.807) is 12.1 Å². The minimum atomic E-state index is -0.348. The maximum absolute atomic E-state index is 11.2. The molecule has 0 spiro atoms. The zero-order valence-electron chi connectivity index (χ0n) is 12.6. The van der Waals surface area contributed by atoms with Crippen molar-refractivity contribution in [3.05, 3.63) is 98.0 Å². The molecule has 4 rings (SSSR count). The molecule has 24 heavy (non-hydrogen) atoms. The van der Waals surface area contributed by atoms with Gasteiger partial charge in [-0.1, -0.05) is 58.4 Å². The third-order valence-corrected chi connectivity index (χ3v) is 4.94. The topological polar surface area (TPSA) is 43.1 Å². The fraction of sp³-hybridized carbons (Fsp3) is 0. The Morgan fingerprint density at radius 3 is 2.25 bits per heavy atom. The Hall–Kier alpha value is -2.72. The molecular weight excluding hydrogens is 366 g/mol. The van der Waals surface area contributed by atoms with E-state index in [0.717, 1.165) is 37.9 Å². The lowest BCUT2D eigenvalue weighted by molar-refractivity contribution is -0.384.